The van der Waals surface area contributed by atoms with Crippen molar-refractivity contribution in [3.63, 3.8) is 0 Å². The number of benzene rings is 2. The highest BCUT2D eigenvalue weighted by Crippen LogP contribution is 2.27. The molecule has 5 heteroatoms. The van der Waals surface area contributed by atoms with Crippen LogP contribution in [0.3, 0.4) is 0 Å². The molecule has 2 aromatic carbocycles. The molecule has 0 saturated carbocycles. The Balaban J connectivity index is 1.62. The lowest BCUT2D eigenvalue weighted by atomic mass is 10.0. The maximum atomic E-state index is 12.8. The summed E-state index contributed by atoms with van der Waals surface area (Å²) in [6.45, 7) is 3.20. The van der Waals surface area contributed by atoms with Crippen molar-refractivity contribution in [2.75, 3.05) is 25.1 Å². The van der Waals surface area contributed by atoms with Gasteiger partial charge in [0.1, 0.15) is 5.75 Å². The Morgan fingerprint density at radius 3 is 2.56 bits per heavy atom. The minimum atomic E-state index is -0.0299. The van der Waals surface area contributed by atoms with Gasteiger partial charge >= 0.3 is 0 Å². The number of nitrogens with zero attached hydrogens (tertiary/aromatic N) is 2. The first-order chi connectivity index (χ1) is 13.1. The summed E-state index contributed by atoms with van der Waals surface area (Å²) in [5.74, 6) is 0.827. The van der Waals surface area contributed by atoms with Gasteiger partial charge in [-0.25, -0.2) is 0 Å². The largest absolute Gasteiger partial charge is 0.497 e. The maximum absolute atomic E-state index is 12.8. The van der Waals surface area contributed by atoms with E-state index in [9.17, 15) is 9.59 Å². The normalized spacial score (nSPS) is 13.0. The molecule has 0 N–H and O–H groups in total. The Labute approximate surface area is 160 Å². The second kappa shape index (κ2) is 8.71. The van der Waals surface area contributed by atoms with Gasteiger partial charge in [0.15, 0.2) is 0 Å². The SMILES string of the molecule is COc1ccc(CN(CCC(=O)N2CCCc3ccccc32)C(C)=O)cc1. The number of methoxy groups -OCH3 is 1. The van der Waals surface area contributed by atoms with Crippen LogP contribution in [0.2, 0.25) is 0 Å². The van der Waals surface area contributed by atoms with Crippen molar-refractivity contribution in [3.05, 3.63) is 59.7 Å². The summed E-state index contributed by atoms with van der Waals surface area (Å²) in [4.78, 5) is 28.4. The fraction of sp³-hybridized carbons (Fsp3) is 0.364. The Kier molecular flexibility index (Phi) is 6.12. The minimum Gasteiger partial charge on any atom is -0.497 e. The van der Waals surface area contributed by atoms with Crippen LogP contribution in [0.25, 0.3) is 0 Å². The molecule has 0 aromatic heterocycles. The van der Waals surface area contributed by atoms with Gasteiger partial charge < -0.3 is 14.5 Å². The summed E-state index contributed by atoms with van der Waals surface area (Å²) in [7, 11) is 1.63. The third-order valence-electron chi connectivity index (χ3n) is 4.98. The molecule has 5 nitrogen and oxygen atoms in total. The van der Waals surface area contributed by atoms with Gasteiger partial charge in [-0.15, -0.1) is 0 Å². The molecule has 142 valence electrons. The lowest BCUT2D eigenvalue weighted by molar-refractivity contribution is -0.130. The quantitative estimate of drug-likeness (QED) is 0.787. The van der Waals surface area contributed by atoms with Crippen molar-refractivity contribution in [3.8, 4) is 5.75 Å². The number of anilines is 1. The van der Waals surface area contributed by atoms with Crippen molar-refractivity contribution < 1.29 is 14.3 Å². The zero-order chi connectivity index (χ0) is 19.2. The Hall–Kier alpha value is -2.82. The molecule has 0 aliphatic carbocycles. The van der Waals surface area contributed by atoms with E-state index in [0.29, 0.717) is 19.5 Å². The summed E-state index contributed by atoms with van der Waals surface area (Å²) < 4.78 is 5.17. The number of hydrogen-bond donors (Lipinski definition) is 0. The van der Waals surface area contributed by atoms with E-state index in [1.807, 2.05) is 47.4 Å². The van der Waals surface area contributed by atoms with Crippen LogP contribution < -0.4 is 9.64 Å². The highest BCUT2D eigenvalue weighted by molar-refractivity contribution is 5.94. The van der Waals surface area contributed by atoms with Gasteiger partial charge in [-0.2, -0.15) is 0 Å². The number of para-hydroxylation sites is 1. The fourth-order valence-electron chi connectivity index (χ4n) is 3.46. The number of hydrogen-bond acceptors (Lipinski definition) is 3. The van der Waals surface area contributed by atoms with Crippen molar-refractivity contribution in [1.82, 2.24) is 4.90 Å². The molecule has 0 saturated heterocycles. The molecule has 2 amide bonds. The van der Waals surface area contributed by atoms with Crippen molar-refractivity contribution >= 4 is 17.5 Å². The van der Waals surface area contributed by atoms with Crippen LogP contribution in [0.4, 0.5) is 5.69 Å². The third kappa shape index (κ3) is 4.67. The molecule has 0 radical (unpaired) electrons. The van der Waals surface area contributed by atoms with Crippen LogP contribution in [-0.2, 0) is 22.6 Å². The number of amides is 2. The summed E-state index contributed by atoms with van der Waals surface area (Å²) in [6, 6.07) is 15.7. The Morgan fingerprint density at radius 1 is 1.11 bits per heavy atom. The Morgan fingerprint density at radius 2 is 1.85 bits per heavy atom. The number of carbonyl (C=O) groups excluding carboxylic acids is 2. The molecule has 1 aliphatic rings. The number of rotatable bonds is 6. The number of aryl methyl sites for hydroxylation is 1. The van der Waals surface area contributed by atoms with E-state index in [1.54, 1.807) is 18.9 Å². The first-order valence-corrected chi connectivity index (χ1v) is 9.35. The van der Waals surface area contributed by atoms with Crippen molar-refractivity contribution in [2.45, 2.75) is 32.7 Å². The summed E-state index contributed by atoms with van der Waals surface area (Å²) >= 11 is 0. The predicted octanol–water partition coefficient (Wildman–Crippen LogP) is 3.41. The van der Waals surface area contributed by atoms with Crippen LogP contribution in [0.15, 0.2) is 48.5 Å². The first kappa shape index (κ1) is 19.0. The van der Waals surface area contributed by atoms with Gasteiger partial charge in [0, 0.05) is 38.7 Å². The van der Waals surface area contributed by atoms with Gasteiger partial charge in [-0.3, -0.25) is 9.59 Å². The second-order valence-corrected chi connectivity index (χ2v) is 6.82. The van der Waals surface area contributed by atoms with Crippen LogP contribution in [0.5, 0.6) is 5.75 Å². The van der Waals surface area contributed by atoms with Gasteiger partial charge in [0.2, 0.25) is 11.8 Å². The molecule has 1 heterocycles. The molecule has 1 aliphatic heterocycles. The number of carbonyl (C=O) groups is 2. The standard InChI is InChI=1S/C22H26N2O3/c1-17(25)23(16-18-9-11-20(27-2)12-10-18)15-13-22(26)24-14-5-7-19-6-3-4-8-21(19)24/h3-4,6,8-12H,5,7,13-16H2,1-2H3. The highest BCUT2D eigenvalue weighted by Gasteiger charge is 2.22. The topological polar surface area (TPSA) is 49.9 Å². The zero-order valence-electron chi connectivity index (χ0n) is 16.0. The molecule has 0 spiro atoms. The van der Waals surface area contributed by atoms with Gasteiger partial charge in [0.05, 0.1) is 7.11 Å². The second-order valence-electron chi connectivity index (χ2n) is 6.82. The van der Waals surface area contributed by atoms with Crippen LogP contribution >= 0.6 is 0 Å². The summed E-state index contributed by atoms with van der Waals surface area (Å²) in [5.41, 5.74) is 3.25. The van der Waals surface area contributed by atoms with E-state index in [4.69, 9.17) is 4.74 Å². The van der Waals surface area contributed by atoms with Gasteiger partial charge in [-0.1, -0.05) is 30.3 Å². The minimum absolute atomic E-state index is 0.0299. The van der Waals surface area contributed by atoms with Crippen LogP contribution in [0, 0.1) is 0 Å². The van der Waals surface area contributed by atoms with Crippen molar-refractivity contribution in [1.29, 1.82) is 0 Å². The molecular formula is C22H26N2O3. The van der Waals surface area contributed by atoms with E-state index in [1.165, 1.54) is 5.56 Å². The Bertz CT molecular complexity index is 801. The van der Waals surface area contributed by atoms with E-state index < -0.39 is 0 Å². The molecule has 0 atom stereocenters. The molecule has 2 aromatic rings. The highest BCUT2D eigenvalue weighted by atomic mass is 16.5. The molecule has 0 fully saturated rings. The van der Waals surface area contributed by atoms with Gasteiger partial charge in [-0.05, 0) is 42.2 Å². The molecule has 3 rings (SSSR count). The molecular weight excluding hydrogens is 340 g/mol. The number of ether oxygens (including phenoxy) is 1. The molecule has 0 bridgehead atoms. The number of fused-ring (bicyclic) bond motifs is 1. The van der Waals surface area contributed by atoms with E-state index in [0.717, 1.165) is 36.4 Å². The summed E-state index contributed by atoms with van der Waals surface area (Å²) in [6.07, 6.45) is 2.31. The summed E-state index contributed by atoms with van der Waals surface area (Å²) in [5, 5.41) is 0. The lowest BCUT2D eigenvalue weighted by Crippen LogP contribution is -2.38. The average molecular weight is 366 g/mol. The lowest BCUT2D eigenvalue weighted by Gasteiger charge is -2.30. The van der Waals surface area contributed by atoms with E-state index >= 15 is 0 Å². The third-order valence-corrected chi connectivity index (χ3v) is 4.98. The van der Waals surface area contributed by atoms with E-state index in [-0.39, 0.29) is 11.8 Å². The van der Waals surface area contributed by atoms with Crippen LogP contribution in [-0.4, -0.2) is 36.9 Å². The first-order valence-electron chi connectivity index (χ1n) is 9.35. The molecule has 27 heavy (non-hydrogen) atoms. The fourth-order valence-corrected chi connectivity index (χ4v) is 3.46. The van der Waals surface area contributed by atoms with E-state index in [2.05, 4.69) is 6.07 Å². The van der Waals surface area contributed by atoms with Gasteiger partial charge in [0.25, 0.3) is 0 Å². The maximum Gasteiger partial charge on any atom is 0.228 e. The predicted molar refractivity (Wildman–Crippen MR) is 106 cm³/mol. The van der Waals surface area contributed by atoms with Crippen LogP contribution in [0.1, 0.15) is 30.9 Å². The smallest absolute Gasteiger partial charge is 0.228 e. The monoisotopic (exact) mass is 366 g/mol. The zero-order valence-corrected chi connectivity index (χ0v) is 16.0. The van der Waals surface area contributed by atoms with Crippen molar-refractivity contribution in [2.24, 2.45) is 0 Å². The molecule has 0 unspecified atom stereocenters. The average Bonchev–Trinajstić information content (AvgIpc) is 2.70.